The summed E-state index contributed by atoms with van der Waals surface area (Å²) in [7, 11) is 3.40. The molecule has 2 atom stereocenters. The predicted octanol–water partition coefficient (Wildman–Crippen LogP) is 3.84. The van der Waals surface area contributed by atoms with Gasteiger partial charge in [0.05, 0.1) is 19.1 Å². The third kappa shape index (κ3) is 5.13. The number of hydrogen-bond acceptors (Lipinski definition) is 4. The molecular weight excluding hydrogens is 402 g/mol. The van der Waals surface area contributed by atoms with Gasteiger partial charge in [0.25, 0.3) is 5.91 Å². The van der Waals surface area contributed by atoms with E-state index in [9.17, 15) is 9.59 Å². The van der Waals surface area contributed by atoms with Crippen molar-refractivity contribution < 1.29 is 14.3 Å². The number of nitrogens with zero attached hydrogens (tertiary/aromatic N) is 2. The van der Waals surface area contributed by atoms with Gasteiger partial charge in [0, 0.05) is 25.7 Å². The molecule has 0 bridgehead atoms. The Morgan fingerprint density at radius 2 is 1.69 bits per heavy atom. The van der Waals surface area contributed by atoms with Gasteiger partial charge in [-0.1, -0.05) is 44.2 Å². The van der Waals surface area contributed by atoms with Gasteiger partial charge in [0.2, 0.25) is 5.91 Å². The minimum atomic E-state index is -0.479. The van der Waals surface area contributed by atoms with Crippen LogP contribution in [-0.2, 0) is 4.79 Å². The van der Waals surface area contributed by atoms with E-state index in [1.165, 1.54) is 0 Å². The van der Waals surface area contributed by atoms with Crippen molar-refractivity contribution in [3.8, 4) is 5.75 Å². The number of hydrogen-bond donors (Lipinski definition) is 1. The highest BCUT2D eigenvalue weighted by Gasteiger charge is 2.42. The lowest BCUT2D eigenvalue weighted by Crippen LogP contribution is -2.46. The van der Waals surface area contributed by atoms with Crippen LogP contribution in [0.3, 0.4) is 0 Å². The van der Waals surface area contributed by atoms with E-state index in [1.807, 2.05) is 48.5 Å². The first kappa shape index (κ1) is 23.8. The Hall–Kier alpha value is -2.86. The van der Waals surface area contributed by atoms with Crippen LogP contribution in [0, 0.1) is 0 Å². The molecule has 1 aliphatic heterocycles. The summed E-state index contributed by atoms with van der Waals surface area (Å²) in [5, 5.41) is 3.15. The summed E-state index contributed by atoms with van der Waals surface area (Å²) in [6.45, 7) is 7.82. The molecule has 0 spiro atoms. The Labute approximate surface area is 191 Å². The molecule has 2 amide bonds. The van der Waals surface area contributed by atoms with Crippen LogP contribution in [0.15, 0.2) is 48.5 Å². The fourth-order valence-corrected chi connectivity index (χ4v) is 4.59. The zero-order valence-electron chi connectivity index (χ0n) is 19.6. The third-order valence-electron chi connectivity index (χ3n) is 6.13. The third-order valence-corrected chi connectivity index (χ3v) is 6.13. The summed E-state index contributed by atoms with van der Waals surface area (Å²) in [6, 6.07) is 14.7. The maximum atomic E-state index is 13.5. The number of methoxy groups -OCH3 is 1. The lowest BCUT2D eigenvalue weighted by Gasteiger charge is -2.40. The fraction of sp³-hybridized carbons (Fsp3) is 0.462. The zero-order valence-corrected chi connectivity index (χ0v) is 19.6. The van der Waals surface area contributed by atoms with Crippen LogP contribution in [0.2, 0.25) is 0 Å². The van der Waals surface area contributed by atoms with Crippen LogP contribution in [0.4, 0.5) is 0 Å². The smallest absolute Gasteiger partial charge is 0.254 e. The molecule has 0 saturated carbocycles. The van der Waals surface area contributed by atoms with Crippen LogP contribution < -0.4 is 10.1 Å². The number of likely N-dealkylation sites (N-methyl/N-ethyl adjacent to an activating group) is 1. The van der Waals surface area contributed by atoms with Crippen LogP contribution >= 0.6 is 0 Å². The lowest BCUT2D eigenvalue weighted by molar-refractivity contribution is -0.124. The molecule has 3 rings (SSSR count). The monoisotopic (exact) mass is 437 g/mol. The molecule has 2 aromatic rings. The Bertz CT molecular complexity index is 907. The normalized spacial score (nSPS) is 17.9. The molecule has 1 aliphatic rings. The highest BCUT2D eigenvalue weighted by Crippen LogP contribution is 2.42. The summed E-state index contributed by atoms with van der Waals surface area (Å²) >= 11 is 0. The molecule has 2 unspecified atom stereocenters. The van der Waals surface area contributed by atoms with Crippen molar-refractivity contribution in [2.45, 2.75) is 38.6 Å². The Balaban J connectivity index is 1.88. The highest BCUT2D eigenvalue weighted by molar-refractivity contribution is 6.01. The van der Waals surface area contributed by atoms with E-state index in [4.69, 9.17) is 4.74 Å². The van der Waals surface area contributed by atoms with Gasteiger partial charge < -0.3 is 19.9 Å². The predicted molar refractivity (Wildman–Crippen MR) is 127 cm³/mol. The van der Waals surface area contributed by atoms with Crippen LogP contribution in [-0.4, -0.2) is 62.0 Å². The van der Waals surface area contributed by atoms with Crippen molar-refractivity contribution in [3.63, 3.8) is 0 Å². The van der Waals surface area contributed by atoms with Gasteiger partial charge >= 0.3 is 0 Å². The van der Waals surface area contributed by atoms with E-state index in [0.29, 0.717) is 12.1 Å². The lowest BCUT2D eigenvalue weighted by atomic mass is 9.79. The van der Waals surface area contributed by atoms with Crippen LogP contribution in [0.1, 0.15) is 60.1 Å². The van der Waals surface area contributed by atoms with Gasteiger partial charge in [-0.15, -0.1) is 0 Å². The first-order valence-electron chi connectivity index (χ1n) is 11.5. The maximum Gasteiger partial charge on any atom is 0.254 e. The van der Waals surface area contributed by atoms with Crippen molar-refractivity contribution in [1.29, 1.82) is 0 Å². The van der Waals surface area contributed by atoms with Crippen molar-refractivity contribution in [1.82, 2.24) is 15.1 Å². The average molecular weight is 438 g/mol. The number of carbonyl (C=O) groups is 2. The molecule has 0 aromatic heterocycles. The minimum Gasteiger partial charge on any atom is -0.497 e. The topological polar surface area (TPSA) is 61.9 Å². The molecule has 6 nitrogen and oxygen atoms in total. The summed E-state index contributed by atoms with van der Waals surface area (Å²) in [6.07, 6.45) is 2.19. The summed E-state index contributed by atoms with van der Waals surface area (Å²) < 4.78 is 5.29. The van der Waals surface area contributed by atoms with E-state index >= 15 is 0 Å². The molecule has 1 heterocycles. The van der Waals surface area contributed by atoms with E-state index in [1.54, 1.807) is 19.1 Å². The van der Waals surface area contributed by atoms with Crippen molar-refractivity contribution in [2.24, 2.45) is 0 Å². The van der Waals surface area contributed by atoms with E-state index in [0.717, 1.165) is 49.4 Å². The molecule has 6 heteroatoms. The molecule has 0 radical (unpaired) electrons. The molecular formula is C26H35N3O3. The number of ether oxygens (including phenoxy) is 1. The van der Waals surface area contributed by atoms with Crippen molar-refractivity contribution in [2.75, 3.05) is 40.3 Å². The maximum absolute atomic E-state index is 13.5. The molecule has 0 aliphatic carbocycles. The average Bonchev–Trinajstić information content (AvgIpc) is 2.81. The van der Waals surface area contributed by atoms with Crippen molar-refractivity contribution >= 4 is 11.8 Å². The van der Waals surface area contributed by atoms with Gasteiger partial charge in [-0.2, -0.15) is 0 Å². The number of amides is 2. The van der Waals surface area contributed by atoms with Crippen molar-refractivity contribution in [3.05, 3.63) is 65.2 Å². The Morgan fingerprint density at radius 1 is 1.03 bits per heavy atom. The second-order valence-electron chi connectivity index (χ2n) is 8.33. The van der Waals surface area contributed by atoms with E-state index in [-0.39, 0.29) is 17.9 Å². The molecule has 2 aromatic carbocycles. The molecule has 0 fully saturated rings. The number of carbonyl (C=O) groups excluding carboxylic acids is 2. The molecule has 0 saturated heterocycles. The second kappa shape index (κ2) is 11.1. The largest absolute Gasteiger partial charge is 0.497 e. The molecule has 32 heavy (non-hydrogen) atoms. The fourth-order valence-electron chi connectivity index (χ4n) is 4.59. The quantitative estimate of drug-likeness (QED) is 0.613. The van der Waals surface area contributed by atoms with E-state index < -0.39 is 5.92 Å². The Morgan fingerprint density at radius 3 is 2.31 bits per heavy atom. The van der Waals surface area contributed by atoms with Gasteiger partial charge in [-0.25, -0.2) is 0 Å². The summed E-state index contributed by atoms with van der Waals surface area (Å²) in [4.78, 5) is 30.7. The number of benzene rings is 2. The standard InChI is InChI=1S/C26H35N3O3/c1-5-16-29(17-6-2)18-15-27-25(30)23-21-9-7-8-10-22(21)26(31)28(3)24(23)19-11-13-20(32-4)14-12-19/h7-14,23-24H,5-6,15-18H2,1-4H3,(H,27,30). The van der Waals surface area contributed by atoms with Crippen LogP contribution in [0.5, 0.6) is 5.75 Å². The number of fused-ring (bicyclic) bond motifs is 1. The van der Waals surface area contributed by atoms with E-state index in [2.05, 4.69) is 24.1 Å². The first-order valence-corrected chi connectivity index (χ1v) is 11.5. The Kier molecular flexibility index (Phi) is 8.28. The van der Waals surface area contributed by atoms with Gasteiger partial charge in [0.15, 0.2) is 0 Å². The van der Waals surface area contributed by atoms with Gasteiger partial charge in [-0.05, 0) is 55.3 Å². The van der Waals surface area contributed by atoms with Crippen LogP contribution in [0.25, 0.3) is 0 Å². The SMILES string of the molecule is CCCN(CCC)CCNC(=O)C1c2ccccc2C(=O)N(C)C1c1ccc(OC)cc1. The summed E-state index contributed by atoms with van der Waals surface area (Å²) in [5.41, 5.74) is 2.29. The highest BCUT2D eigenvalue weighted by atomic mass is 16.5. The molecule has 172 valence electrons. The number of rotatable bonds is 10. The second-order valence-corrected chi connectivity index (χ2v) is 8.33. The first-order chi connectivity index (χ1) is 15.5. The number of nitrogens with one attached hydrogen (secondary N) is 1. The minimum absolute atomic E-state index is 0.0504. The molecule has 1 N–H and O–H groups in total. The van der Waals surface area contributed by atoms with Gasteiger partial charge in [-0.3, -0.25) is 9.59 Å². The van der Waals surface area contributed by atoms with Gasteiger partial charge in [0.1, 0.15) is 5.75 Å². The zero-order chi connectivity index (χ0) is 23.1. The summed E-state index contributed by atoms with van der Waals surface area (Å²) in [5.74, 6) is 0.146.